The number of anilines is 1. The smallest absolute Gasteiger partial charge is 0.306 e. The number of hydrogen-bond donors (Lipinski definition) is 2. The molecule has 0 saturated heterocycles. The molecule has 2 N–H and O–H groups in total. The number of carbonyl (C=O) groups is 3. The molecule has 8 heteroatoms. The average Bonchev–Trinajstić information content (AvgIpc) is 3.15. The van der Waals surface area contributed by atoms with E-state index in [2.05, 4.69) is 15.6 Å². The topological polar surface area (TPSA) is 97.4 Å². The van der Waals surface area contributed by atoms with Crippen molar-refractivity contribution in [3.63, 3.8) is 0 Å². The highest BCUT2D eigenvalue weighted by molar-refractivity contribution is 7.18. The summed E-state index contributed by atoms with van der Waals surface area (Å²) < 4.78 is 6.06. The molecule has 0 saturated carbocycles. The summed E-state index contributed by atoms with van der Waals surface area (Å²) in [6, 6.07) is 11.7. The Labute approximate surface area is 184 Å². The van der Waals surface area contributed by atoms with Crippen molar-refractivity contribution in [1.82, 2.24) is 10.3 Å². The average molecular weight is 440 g/mol. The van der Waals surface area contributed by atoms with Crippen LogP contribution in [-0.4, -0.2) is 35.9 Å². The van der Waals surface area contributed by atoms with E-state index in [9.17, 15) is 14.4 Å². The zero-order chi connectivity index (χ0) is 22.4. The number of rotatable bonds is 8. The fourth-order valence-corrected chi connectivity index (χ4v) is 4.21. The van der Waals surface area contributed by atoms with Crippen LogP contribution in [-0.2, 0) is 25.5 Å². The lowest BCUT2D eigenvalue weighted by atomic mass is 10.1. The maximum atomic E-state index is 12.1. The number of para-hydroxylation sites is 1. The first-order chi connectivity index (χ1) is 14.8. The SMILES string of the molecule is Cc1cc(C)c(NC(=O)CNC(=O)COC(=O)CCc2nc3ccccc3s2)c(C)c1. The van der Waals surface area contributed by atoms with Gasteiger partial charge in [0, 0.05) is 12.1 Å². The number of aryl methyl sites for hydroxylation is 4. The van der Waals surface area contributed by atoms with E-state index < -0.39 is 18.5 Å². The van der Waals surface area contributed by atoms with E-state index in [1.165, 1.54) is 11.3 Å². The molecule has 0 spiro atoms. The third-order valence-electron chi connectivity index (χ3n) is 4.63. The first kappa shape index (κ1) is 22.4. The summed E-state index contributed by atoms with van der Waals surface area (Å²) >= 11 is 1.54. The minimum absolute atomic E-state index is 0.138. The number of nitrogens with one attached hydrogen (secondary N) is 2. The van der Waals surface area contributed by atoms with E-state index in [-0.39, 0.29) is 18.9 Å². The van der Waals surface area contributed by atoms with Crippen molar-refractivity contribution in [1.29, 1.82) is 0 Å². The predicted octanol–water partition coefficient (Wildman–Crippen LogP) is 3.45. The summed E-state index contributed by atoms with van der Waals surface area (Å²) in [5.41, 5.74) is 4.68. The second kappa shape index (κ2) is 10.2. The molecule has 1 aromatic heterocycles. The summed E-state index contributed by atoms with van der Waals surface area (Å²) in [7, 11) is 0. The molecule has 2 aromatic carbocycles. The Morgan fingerprint density at radius 3 is 2.45 bits per heavy atom. The summed E-state index contributed by atoms with van der Waals surface area (Å²) in [6.07, 6.45) is 0.594. The first-order valence-corrected chi connectivity index (χ1v) is 10.8. The van der Waals surface area contributed by atoms with Gasteiger partial charge in [0.2, 0.25) is 5.91 Å². The molecule has 0 bridgehead atoms. The van der Waals surface area contributed by atoms with Gasteiger partial charge in [-0.1, -0.05) is 29.8 Å². The van der Waals surface area contributed by atoms with Crippen LogP contribution < -0.4 is 10.6 Å². The van der Waals surface area contributed by atoms with Gasteiger partial charge in [0.25, 0.3) is 5.91 Å². The number of benzene rings is 2. The number of fused-ring (bicyclic) bond motifs is 1. The summed E-state index contributed by atoms with van der Waals surface area (Å²) in [4.78, 5) is 40.4. The quantitative estimate of drug-likeness (QED) is 0.524. The van der Waals surface area contributed by atoms with E-state index in [4.69, 9.17) is 4.74 Å². The van der Waals surface area contributed by atoms with Gasteiger partial charge in [0.05, 0.1) is 28.2 Å². The van der Waals surface area contributed by atoms with Crippen molar-refractivity contribution in [2.75, 3.05) is 18.5 Å². The van der Waals surface area contributed by atoms with Crippen LogP contribution in [0.3, 0.4) is 0 Å². The second-order valence-electron chi connectivity index (χ2n) is 7.33. The monoisotopic (exact) mass is 439 g/mol. The summed E-state index contributed by atoms with van der Waals surface area (Å²) in [5.74, 6) is -1.35. The Balaban J connectivity index is 1.37. The largest absolute Gasteiger partial charge is 0.456 e. The van der Waals surface area contributed by atoms with Gasteiger partial charge in [-0.3, -0.25) is 14.4 Å². The van der Waals surface area contributed by atoms with Crippen LogP contribution >= 0.6 is 11.3 Å². The molecule has 0 atom stereocenters. The van der Waals surface area contributed by atoms with Gasteiger partial charge < -0.3 is 15.4 Å². The van der Waals surface area contributed by atoms with Crippen molar-refractivity contribution in [3.05, 3.63) is 58.1 Å². The Bertz CT molecular complexity index is 1070. The number of nitrogens with zero attached hydrogens (tertiary/aromatic N) is 1. The third kappa shape index (κ3) is 6.36. The van der Waals surface area contributed by atoms with Gasteiger partial charge >= 0.3 is 5.97 Å². The molecule has 0 radical (unpaired) electrons. The van der Waals surface area contributed by atoms with Crippen molar-refractivity contribution >= 4 is 45.0 Å². The summed E-state index contributed by atoms with van der Waals surface area (Å²) in [5, 5.41) is 6.12. The predicted molar refractivity (Wildman–Crippen MR) is 121 cm³/mol. The molecule has 0 unspecified atom stereocenters. The van der Waals surface area contributed by atoms with E-state index in [1.807, 2.05) is 57.2 Å². The Morgan fingerprint density at radius 2 is 1.74 bits per heavy atom. The number of thiazole rings is 1. The normalized spacial score (nSPS) is 10.7. The molecule has 2 amide bonds. The molecule has 0 aliphatic carbocycles. The van der Waals surface area contributed by atoms with Gasteiger partial charge in [-0.25, -0.2) is 4.98 Å². The molecule has 0 aliphatic heterocycles. The van der Waals surface area contributed by atoms with Crippen LogP contribution in [0.15, 0.2) is 36.4 Å². The molecule has 7 nitrogen and oxygen atoms in total. The van der Waals surface area contributed by atoms with Crippen LogP contribution in [0.4, 0.5) is 5.69 Å². The maximum Gasteiger partial charge on any atom is 0.306 e. The minimum atomic E-state index is -0.527. The second-order valence-corrected chi connectivity index (χ2v) is 8.45. The number of ether oxygens (including phenoxy) is 1. The lowest BCUT2D eigenvalue weighted by Crippen LogP contribution is -2.35. The van der Waals surface area contributed by atoms with Gasteiger partial charge in [0.1, 0.15) is 0 Å². The van der Waals surface area contributed by atoms with Crippen LogP contribution in [0.5, 0.6) is 0 Å². The molecule has 0 fully saturated rings. The van der Waals surface area contributed by atoms with E-state index in [0.29, 0.717) is 6.42 Å². The highest BCUT2D eigenvalue weighted by Gasteiger charge is 2.12. The lowest BCUT2D eigenvalue weighted by molar-refractivity contribution is -0.148. The number of carbonyl (C=O) groups excluding carboxylic acids is 3. The Morgan fingerprint density at radius 1 is 1.03 bits per heavy atom. The zero-order valence-electron chi connectivity index (χ0n) is 17.8. The highest BCUT2D eigenvalue weighted by Crippen LogP contribution is 2.23. The van der Waals surface area contributed by atoms with Crippen LogP contribution in [0.25, 0.3) is 10.2 Å². The van der Waals surface area contributed by atoms with E-state index in [0.717, 1.165) is 37.6 Å². The fourth-order valence-electron chi connectivity index (χ4n) is 3.24. The van der Waals surface area contributed by atoms with Crippen molar-refractivity contribution in [2.45, 2.75) is 33.6 Å². The third-order valence-corrected chi connectivity index (χ3v) is 5.73. The molecule has 162 valence electrons. The fraction of sp³-hybridized carbons (Fsp3) is 0.304. The van der Waals surface area contributed by atoms with Crippen LogP contribution in [0.2, 0.25) is 0 Å². The Hall–Kier alpha value is -3.26. The maximum absolute atomic E-state index is 12.1. The lowest BCUT2D eigenvalue weighted by Gasteiger charge is -2.13. The standard InChI is InChI=1S/C23H25N3O4S/c1-14-10-15(2)23(16(3)11-14)26-19(27)12-24-20(28)13-30-22(29)9-8-21-25-17-6-4-5-7-18(17)31-21/h4-7,10-11H,8-9,12-13H2,1-3H3,(H,24,28)(H,26,27). The van der Waals surface area contributed by atoms with Crippen LogP contribution in [0.1, 0.15) is 28.1 Å². The molecule has 3 aromatic rings. The van der Waals surface area contributed by atoms with Gasteiger partial charge in [-0.05, 0) is 44.0 Å². The zero-order valence-corrected chi connectivity index (χ0v) is 18.6. The molecule has 0 aliphatic rings. The van der Waals surface area contributed by atoms with E-state index in [1.54, 1.807) is 0 Å². The summed E-state index contributed by atoms with van der Waals surface area (Å²) in [6.45, 7) is 5.21. The minimum Gasteiger partial charge on any atom is -0.456 e. The van der Waals surface area contributed by atoms with Crippen molar-refractivity contribution in [3.8, 4) is 0 Å². The number of aromatic nitrogens is 1. The molecule has 3 rings (SSSR count). The van der Waals surface area contributed by atoms with Gasteiger partial charge in [-0.2, -0.15) is 0 Å². The van der Waals surface area contributed by atoms with Gasteiger partial charge in [-0.15, -0.1) is 11.3 Å². The number of esters is 1. The van der Waals surface area contributed by atoms with Gasteiger partial charge in [0.15, 0.2) is 6.61 Å². The van der Waals surface area contributed by atoms with Crippen molar-refractivity contribution in [2.24, 2.45) is 0 Å². The van der Waals surface area contributed by atoms with E-state index >= 15 is 0 Å². The number of amides is 2. The van der Waals surface area contributed by atoms with Crippen molar-refractivity contribution < 1.29 is 19.1 Å². The van der Waals surface area contributed by atoms with Crippen LogP contribution in [0, 0.1) is 20.8 Å². The molecular formula is C23H25N3O4S. The Kier molecular flexibility index (Phi) is 7.36. The first-order valence-electron chi connectivity index (χ1n) is 9.96. The molecule has 1 heterocycles. The molecular weight excluding hydrogens is 414 g/mol. The highest BCUT2D eigenvalue weighted by atomic mass is 32.1. The number of hydrogen-bond acceptors (Lipinski definition) is 6. The molecule has 31 heavy (non-hydrogen) atoms.